The summed E-state index contributed by atoms with van der Waals surface area (Å²) in [5, 5.41) is 11.8. The summed E-state index contributed by atoms with van der Waals surface area (Å²) in [6, 6.07) is 0. The van der Waals surface area contributed by atoms with E-state index in [1.807, 2.05) is 4.90 Å². The largest absolute Gasteiger partial charge is 0.380 e. The van der Waals surface area contributed by atoms with Crippen LogP contribution < -0.4 is 0 Å². The van der Waals surface area contributed by atoms with E-state index >= 15 is 0 Å². The fourth-order valence-electron chi connectivity index (χ4n) is 3.19. The number of amides is 1. The van der Waals surface area contributed by atoms with Gasteiger partial charge in [-0.15, -0.1) is 5.10 Å². The van der Waals surface area contributed by atoms with Crippen molar-refractivity contribution in [1.82, 2.24) is 30.0 Å². The van der Waals surface area contributed by atoms with Crippen LogP contribution in [0.3, 0.4) is 0 Å². The van der Waals surface area contributed by atoms with Gasteiger partial charge in [-0.3, -0.25) is 9.69 Å². The minimum absolute atomic E-state index is 0.0664. The van der Waals surface area contributed by atoms with E-state index in [0.29, 0.717) is 6.54 Å². The first-order valence-corrected chi connectivity index (χ1v) is 8.04. The first-order chi connectivity index (χ1) is 10.8. The smallest absolute Gasteiger partial charge is 0.244 e. The second-order valence-corrected chi connectivity index (χ2v) is 6.08. The highest BCUT2D eigenvalue weighted by Crippen LogP contribution is 2.14. The molecule has 3 rings (SSSR count). The molecule has 1 atom stereocenters. The molecule has 0 N–H and O–H groups in total. The van der Waals surface area contributed by atoms with Crippen molar-refractivity contribution in [1.29, 1.82) is 0 Å². The summed E-state index contributed by atoms with van der Waals surface area (Å²) in [4.78, 5) is 16.6. The lowest BCUT2D eigenvalue weighted by Crippen LogP contribution is -2.44. The van der Waals surface area contributed by atoms with Crippen molar-refractivity contribution >= 4 is 5.91 Å². The van der Waals surface area contributed by atoms with Gasteiger partial charge in [0.1, 0.15) is 6.54 Å². The van der Waals surface area contributed by atoms with Crippen molar-refractivity contribution in [2.45, 2.75) is 44.9 Å². The number of rotatable bonds is 5. The van der Waals surface area contributed by atoms with Gasteiger partial charge in [-0.1, -0.05) is 0 Å². The van der Waals surface area contributed by atoms with Gasteiger partial charge in [-0.25, -0.2) is 4.68 Å². The molecule has 3 heterocycles. The molecule has 1 aromatic rings. The number of methoxy groups -OCH3 is 1. The third kappa shape index (κ3) is 3.61. The highest BCUT2D eigenvalue weighted by atomic mass is 16.5. The van der Waals surface area contributed by atoms with Gasteiger partial charge in [-0.05, 0) is 49.2 Å². The van der Waals surface area contributed by atoms with Crippen molar-refractivity contribution in [3.63, 3.8) is 0 Å². The number of hydrogen-bond donors (Lipinski definition) is 0. The minimum Gasteiger partial charge on any atom is -0.380 e. The van der Waals surface area contributed by atoms with Gasteiger partial charge in [0.25, 0.3) is 0 Å². The molecular weight excluding hydrogens is 284 g/mol. The summed E-state index contributed by atoms with van der Waals surface area (Å²) in [6.07, 6.45) is 4.61. The molecule has 2 fully saturated rings. The van der Waals surface area contributed by atoms with Crippen LogP contribution in [0.4, 0.5) is 0 Å². The van der Waals surface area contributed by atoms with Crippen LogP contribution in [0.15, 0.2) is 0 Å². The van der Waals surface area contributed by atoms with Crippen LogP contribution in [0.25, 0.3) is 0 Å². The zero-order valence-corrected chi connectivity index (χ0v) is 13.1. The summed E-state index contributed by atoms with van der Waals surface area (Å²) in [5.41, 5.74) is 0. The SMILES string of the molecule is COC1CCCN(C(=O)Cn2nnnc2CN2CCCC2)C1. The molecule has 0 saturated carbocycles. The second-order valence-electron chi connectivity index (χ2n) is 6.08. The molecule has 1 aromatic heterocycles. The number of nitrogens with zero attached hydrogens (tertiary/aromatic N) is 6. The molecular formula is C14H24N6O2. The average molecular weight is 308 g/mol. The standard InChI is InChI=1S/C14H24N6O2/c1-22-12-5-4-8-19(9-12)14(21)11-20-13(15-16-17-20)10-18-6-2-3-7-18/h12H,2-11H2,1H3. The summed E-state index contributed by atoms with van der Waals surface area (Å²) in [7, 11) is 1.70. The van der Waals surface area contributed by atoms with Crippen LogP contribution >= 0.6 is 0 Å². The Balaban J connectivity index is 1.58. The van der Waals surface area contributed by atoms with Crippen LogP contribution in [0, 0.1) is 0 Å². The number of likely N-dealkylation sites (tertiary alicyclic amines) is 2. The van der Waals surface area contributed by atoms with E-state index in [9.17, 15) is 4.79 Å². The van der Waals surface area contributed by atoms with Crippen LogP contribution in [-0.2, 0) is 22.6 Å². The Labute approximate surface area is 130 Å². The predicted octanol–water partition coefficient (Wildman–Crippen LogP) is -0.0937. The van der Waals surface area contributed by atoms with E-state index in [-0.39, 0.29) is 18.6 Å². The predicted molar refractivity (Wildman–Crippen MR) is 78.9 cm³/mol. The van der Waals surface area contributed by atoms with E-state index in [4.69, 9.17) is 4.74 Å². The van der Waals surface area contributed by atoms with Gasteiger partial charge >= 0.3 is 0 Å². The molecule has 0 radical (unpaired) electrons. The first-order valence-electron chi connectivity index (χ1n) is 8.04. The maximum absolute atomic E-state index is 12.5. The van der Waals surface area contributed by atoms with E-state index < -0.39 is 0 Å². The fourth-order valence-corrected chi connectivity index (χ4v) is 3.19. The lowest BCUT2D eigenvalue weighted by Gasteiger charge is -2.31. The van der Waals surface area contributed by atoms with Crippen LogP contribution in [0.1, 0.15) is 31.5 Å². The topological polar surface area (TPSA) is 76.4 Å². The molecule has 2 saturated heterocycles. The quantitative estimate of drug-likeness (QED) is 0.756. The molecule has 1 amide bonds. The van der Waals surface area contributed by atoms with Gasteiger partial charge in [0.15, 0.2) is 5.82 Å². The molecule has 0 aromatic carbocycles. The maximum Gasteiger partial charge on any atom is 0.244 e. The highest BCUT2D eigenvalue weighted by molar-refractivity contribution is 5.76. The van der Waals surface area contributed by atoms with Crippen molar-refractivity contribution in [2.24, 2.45) is 0 Å². The second kappa shape index (κ2) is 7.15. The summed E-state index contributed by atoms with van der Waals surface area (Å²) >= 11 is 0. The first kappa shape index (κ1) is 15.4. The number of carbonyl (C=O) groups excluding carboxylic acids is 1. The van der Waals surface area contributed by atoms with Crippen LogP contribution in [-0.4, -0.2) is 75.3 Å². The lowest BCUT2D eigenvalue weighted by atomic mass is 10.1. The number of aromatic nitrogens is 4. The average Bonchev–Trinajstić information content (AvgIpc) is 3.20. The zero-order valence-electron chi connectivity index (χ0n) is 13.1. The van der Waals surface area contributed by atoms with Crippen molar-refractivity contribution in [2.75, 3.05) is 33.3 Å². The number of piperidine rings is 1. The Morgan fingerprint density at radius 1 is 1.27 bits per heavy atom. The van der Waals surface area contributed by atoms with Gasteiger partial charge in [0.2, 0.25) is 5.91 Å². The lowest BCUT2D eigenvalue weighted by molar-refractivity contribution is -0.135. The normalized spacial score (nSPS) is 23.1. The monoisotopic (exact) mass is 308 g/mol. The molecule has 8 heteroatoms. The molecule has 2 aliphatic rings. The number of hydrogen-bond acceptors (Lipinski definition) is 6. The number of carbonyl (C=O) groups is 1. The number of tetrazole rings is 1. The van der Waals surface area contributed by atoms with Gasteiger partial charge in [0, 0.05) is 20.2 Å². The van der Waals surface area contributed by atoms with Crippen LogP contribution in [0.2, 0.25) is 0 Å². The molecule has 2 aliphatic heterocycles. The summed E-state index contributed by atoms with van der Waals surface area (Å²) in [5.74, 6) is 0.840. The maximum atomic E-state index is 12.5. The van der Waals surface area contributed by atoms with Gasteiger partial charge in [-0.2, -0.15) is 0 Å². The Morgan fingerprint density at radius 2 is 2.09 bits per heavy atom. The molecule has 8 nitrogen and oxygen atoms in total. The Kier molecular flexibility index (Phi) is 4.99. The minimum atomic E-state index is 0.0664. The Morgan fingerprint density at radius 3 is 2.86 bits per heavy atom. The third-order valence-electron chi connectivity index (χ3n) is 4.52. The fraction of sp³-hybridized carbons (Fsp3) is 0.857. The van der Waals surface area contributed by atoms with E-state index in [2.05, 4.69) is 20.4 Å². The number of ether oxygens (including phenoxy) is 1. The zero-order chi connectivity index (χ0) is 15.4. The molecule has 22 heavy (non-hydrogen) atoms. The van der Waals surface area contributed by atoms with Gasteiger partial charge in [0.05, 0.1) is 12.6 Å². The van der Waals surface area contributed by atoms with Gasteiger partial charge < -0.3 is 9.64 Å². The van der Waals surface area contributed by atoms with Crippen molar-refractivity contribution in [3.8, 4) is 0 Å². The third-order valence-corrected chi connectivity index (χ3v) is 4.52. The molecule has 0 spiro atoms. The van der Waals surface area contributed by atoms with E-state index in [0.717, 1.165) is 44.8 Å². The molecule has 0 bridgehead atoms. The van der Waals surface area contributed by atoms with E-state index in [1.54, 1.807) is 11.8 Å². The highest BCUT2D eigenvalue weighted by Gasteiger charge is 2.25. The van der Waals surface area contributed by atoms with Crippen LogP contribution in [0.5, 0.6) is 0 Å². The molecule has 1 unspecified atom stereocenters. The molecule has 122 valence electrons. The van der Waals surface area contributed by atoms with E-state index in [1.165, 1.54) is 12.8 Å². The van der Waals surface area contributed by atoms with Crippen molar-refractivity contribution in [3.05, 3.63) is 5.82 Å². The summed E-state index contributed by atoms with van der Waals surface area (Å²) in [6.45, 7) is 4.57. The molecule has 0 aliphatic carbocycles. The van der Waals surface area contributed by atoms with Crippen molar-refractivity contribution < 1.29 is 9.53 Å². The Bertz CT molecular complexity index is 499. The summed E-state index contributed by atoms with van der Waals surface area (Å²) < 4.78 is 7.01. The Hall–Kier alpha value is -1.54.